The van der Waals surface area contributed by atoms with Crippen molar-refractivity contribution in [2.75, 3.05) is 18.4 Å². The van der Waals surface area contributed by atoms with Gasteiger partial charge in [0, 0.05) is 24.6 Å². The number of nitrogens with one attached hydrogen (secondary N) is 1. The Morgan fingerprint density at radius 3 is 2.34 bits per heavy atom. The molecule has 1 saturated heterocycles. The molecular weight excluding hydrogens is 374 g/mol. The summed E-state index contributed by atoms with van der Waals surface area (Å²) in [6.45, 7) is 12.9. The smallest absolute Gasteiger partial charge is 0.413 e. The highest BCUT2D eigenvalue weighted by atomic mass is 16.6. The number of carbonyl (C=O) groups is 3. The highest BCUT2D eigenvalue weighted by molar-refractivity contribution is 5.89. The molecule has 0 aromatic carbocycles. The van der Waals surface area contributed by atoms with Crippen molar-refractivity contribution in [3.63, 3.8) is 0 Å². The van der Waals surface area contributed by atoms with E-state index >= 15 is 0 Å². The molecule has 2 amide bonds. The number of ketones is 1. The standard InChI is InChI=1S/C21H31N3O5/c1-13-8-15(22-17(9-13)23-18(26)28-20(2,3)4)10-14-11-24(12-16(14)25)19(27)29-21(5,6)7/h8-9,14H,10-12H2,1-7H3,(H,22,23,26)/t14-/m0/s1. The summed E-state index contributed by atoms with van der Waals surface area (Å²) in [6, 6.07) is 3.60. The molecule has 0 bridgehead atoms. The summed E-state index contributed by atoms with van der Waals surface area (Å²) in [7, 11) is 0. The van der Waals surface area contributed by atoms with E-state index in [-0.39, 0.29) is 24.8 Å². The lowest BCUT2D eigenvalue weighted by molar-refractivity contribution is -0.119. The number of ether oxygens (including phenoxy) is 2. The number of pyridine rings is 1. The summed E-state index contributed by atoms with van der Waals surface area (Å²) in [5.74, 6) is -0.0179. The van der Waals surface area contributed by atoms with Gasteiger partial charge in [-0.2, -0.15) is 0 Å². The van der Waals surface area contributed by atoms with Crippen LogP contribution < -0.4 is 5.32 Å². The fourth-order valence-electron chi connectivity index (χ4n) is 2.96. The molecule has 2 rings (SSSR count). The van der Waals surface area contributed by atoms with Crippen molar-refractivity contribution in [3.8, 4) is 0 Å². The summed E-state index contributed by atoms with van der Waals surface area (Å²) < 4.78 is 10.6. The zero-order valence-corrected chi connectivity index (χ0v) is 18.3. The van der Waals surface area contributed by atoms with Crippen LogP contribution in [0.5, 0.6) is 0 Å². The predicted octanol–water partition coefficient (Wildman–Crippen LogP) is 3.72. The molecule has 1 fully saturated rings. The first-order valence-corrected chi connectivity index (χ1v) is 9.70. The van der Waals surface area contributed by atoms with E-state index in [0.29, 0.717) is 17.9 Å². The Morgan fingerprint density at radius 1 is 1.14 bits per heavy atom. The summed E-state index contributed by atoms with van der Waals surface area (Å²) in [4.78, 5) is 42.5. The number of likely N-dealkylation sites (tertiary alicyclic amines) is 1. The minimum Gasteiger partial charge on any atom is -0.444 e. The van der Waals surface area contributed by atoms with Gasteiger partial charge >= 0.3 is 12.2 Å². The number of anilines is 1. The molecule has 1 aliphatic heterocycles. The number of rotatable bonds is 3. The van der Waals surface area contributed by atoms with E-state index in [4.69, 9.17) is 9.47 Å². The number of hydrogen-bond donors (Lipinski definition) is 1. The van der Waals surface area contributed by atoms with Gasteiger partial charge in [-0.25, -0.2) is 14.6 Å². The number of aromatic nitrogens is 1. The Labute approximate surface area is 172 Å². The highest BCUT2D eigenvalue weighted by Crippen LogP contribution is 2.22. The van der Waals surface area contributed by atoms with Crippen molar-refractivity contribution in [3.05, 3.63) is 23.4 Å². The van der Waals surface area contributed by atoms with Crippen LogP contribution in [0.25, 0.3) is 0 Å². The van der Waals surface area contributed by atoms with Crippen molar-refractivity contribution in [1.82, 2.24) is 9.88 Å². The Hall–Kier alpha value is -2.64. The second-order valence-electron chi connectivity index (χ2n) is 9.38. The first-order chi connectivity index (χ1) is 13.2. The van der Waals surface area contributed by atoms with Crippen molar-refractivity contribution in [1.29, 1.82) is 0 Å². The topological polar surface area (TPSA) is 97.8 Å². The lowest BCUT2D eigenvalue weighted by Crippen LogP contribution is -2.35. The lowest BCUT2D eigenvalue weighted by atomic mass is 10.0. The van der Waals surface area contributed by atoms with Gasteiger partial charge in [0.2, 0.25) is 0 Å². The summed E-state index contributed by atoms with van der Waals surface area (Å²) >= 11 is 0. The molecule has 0 aliphatic carbocycles. The van der Waals surface area contributed by atoms with Gasteiger partial charge in [-0.05, 0) is 66.2 Å². The van der Waals surface area contributed by atoms with Gasteiger partial charge < -0.3 is 14.4 Å². The molecule has 1 aromatic rings. The second-order valence-corrected chi connectivity index (χ2v) is 9.38. The van der Waals surface area contributed by atoms with E-state index in [2.05, 4.69) is 10.3 Å². The molecule has 1 atom stereocenters. The van der Waals surface area contributed by atoms with E-state index < -0.39 is 23.4 Å². The Bertz CT molecular complexity index is 792. The number of Topliss-reactive ketones (excluding diaryl/α,β-unsaturated/α-hetero) is 1. The summed E-state index contributed by atoms with van der Waals surface area (Å²) in [6.07, 6.45) is -0.699. The van der Waals surface area contributed by atoms with Crippen LogP contribution in [0, 0.1) is 12.8 Å². The van der Waals surface area contributed by atoms with Crippen LogP contribution in [0.1, 0.15) is 52.8 Å². The molecule has 8 heteroatoms. The summed E-state index contributed by atoms with van der Waals surface area (Å²) in [5, 5.41) is 2.63. The number of hydrogen-bond acceptors (Lipinski definition) is 6. The van der Waals surface area contributed by atoms with E-state index in [1.54, 1.807) is 47.6 Å². The molecule has 1 aliphatic rings. The lowest BCUT2D eigenvalue weighted by Gasteiger charge is -2.24. The third-order valence-corrected chi connectivity index (χ3v) is 4.00. The van der Waals surface area contributed by atoms with Gasteiger partial charge in [-0.15, -0.1) is 0 Å². The average Bonchev–Trinajstić information content (AvgIpc) is 2.84. The minimum atomic E-state index is -0.613. The van der Waals surface area contributed by atoms with Crippen LogP contribution >= 0.6 is 0 Å². The van der Waals surface area contributed by atoms with Gasteiger partial charge in [0.05, 0.1) is 6.54 Å². The molecule has 29 heavy (non-hydrogen) atoms. The van der Waals surface area contributed by atoms with Crippen LogP contribution in [0.15, 0.2) is 12.1 Å². The maximum Gasteiger partial charge on any atom is 0.413 e. The Balaban J connectivity index is 2.04. The molecular formula is C21H31N3O5. The van der Waals surface area contributed by atoms with Crippen molar-refractivity contribution < 1.29 is 23.9 Å². The van der Waals surface area contributed by atoms with Gasteiger partial charge in [0.15, 0.2) is 5.78 Å². The van der Waals surface area contributed by atoms with E-state index in [0.717, 1.165) is 5.56 Å². The molecule has 1 N–H and O–H groups in total. The predicted molar refractivity (Wildman–Crippen MR) is 109 cm³/mol. The van der Waals surface area contributed by atoms with Gasteiger partial charge in [-0.3, -0.25) is 10.1 Å². The fourth-order valence-corrected chi connectivity index (χ4v) is 2.96. The van der Waals surface area contributed by atoms with Gasteiger partial charge in [-0.1, -0.05) is 0 Å². The summed E-state index contributed by atoms with van der Waals surface area (Å²) in [5.41, 5.74) is 0.340. The SMILES string of the molecule is Cc1cc(C[C@H]2CN(C(=O)OC(C)(C)C)CC2=O)nc(NC(=O)OC(C)(C)C)c1. The van der Waals surface area contributed by atoms with E-state index in [1.807, 2.05) is 13.0 Å². The molecule has 1 aromatic heterocycles. The monoisotopic (exact) mass is 405 g/mol. The van der Waals surface area contributed by atoms with Crippen molar-refractivity contribution in [2.45, 2.75) is 66.1 Å². The average molecular weight is 405 g/mol. The highest BCUT2D eigenvalue weighted by Gasteiger charge is 2.36. The maximum atomic E-state index is 12.4. The number of amides is 2. The molecule has 160 valence electrons. The van der Waals surface area contributed by atoms with Gasteiger partial charge in [0.1, 0.15) is 17.0 Å². The third kappa shape index (κ3) is 7.36. The van der Waals surface area contributed by atoms with Crippen LogP contribution in [0.4, 0.5) is 15.4 Å². The van der Waals surface area contributed by atoms with Crippen molar-refractivity contribution >= 4 is 23.8 Å². The fraction of sp³-hybridized carbons (Fsp3) is 0.619. The molecule has 0 unspecified atom stereocenters. The van der Waals surface area contributed by atoms with Crippen LogP contribution in [-0.4, -0.2) is 52.1 Å². The van der Waals surface area contributed by atoms with E-state index in [1.165, 1.54) is 4.90 Å². The van der Waals surface area contributed by atoms with E-state index in [9.17, 15) is 14.4 Å². The Morgan fingerprint density at radius 2 is 1.76 bits per heavy atom. The maximum absolute atomic E-state index is 12.4. The van der Waals surface area contributed by atoms with Crippen LogP contribution in [-0.2, 0) is 20.7 Å². The minimum absolute atomic E-state index is 0.0270. The third-order valence-electron chi connectivity index (χ3n) is 4.00. The molecule has 0 saturated carbocycles. The molecule has 0 radical (unpaired) electrons. The molecule has 2 heterocycles. The number of carbonyl (C=O) groups excluding carboxylic acids is 3. The molecule has 8 nitrogen and oxygen atoms in total. The Kier molecular flexibility index (Phi) is 6.55. The quantitative estimate of drug-likeness (QED) is 0.823. The zero-order chi connectivity index (χ0) is 22.0. The molecule has 0 spiro atoms. The van der Waals surface area contributed by atoms with Gasteiger partial charge in [0.25, 0.3) is 0 Å². The van der Waals surface area contributed by atoms with Crippen LogP contribution in [0.2, 0.25) is 0 Å². The largest absolute Gasteiger partial charge is 0.444 e. The first-order valence-electron chi connectivity index (χ1n) is 9.70. The zero-order valence-electron chi connectivity index (χ0n) is 18.3. The normalized spacial score (nSPS) is 17.3. The number of nitrogens with zero attached hydrogens (tertiary/aromatic N) is 2. The number of aryl methyl sites for hydroxylation is 1. The van der Waals surface area contributed by atoms with Crippen molar-refractivity contribution in [2.24, 2.45) is 5.92 Å². The van der Waals surface area contributed by atoms with Crippen LogP contribution in [0.3, 0.4) is 0 Å². The second kappa shape index (κ2) is 8.39. The first kappa shape index (κ1) is 22.6.